The Labute approximate surface area is 144 Å². The second kappa shape index (κ2) is 6.80. The maximum atomic E-state index is 4.97. The molecule has 2 heteroatoms. The van der Waals surface area contributed by atoms with Crippen LogP contribution in [0.1, 0.15) is 44.1 Å². The van der Waals surface area contributed by atoms with Crippen molar-refractivity contribution in [2.75, 3.05) is 0 Å². The molecule has 0 radical (unpaired) electrons. The van der Waals surface area contributed by atoms with Gasteiger partial charge in [0.1, 0.15) is 5.82 Å². The third kappa shape index (κ3) is 2.98. The van der Waals surface area contributed by atoms with Gasteiger partial charge in [0.25, 0.3) is 0 Å². The number of imidazole rings is 1. The normalized spacial score (nSPS) is 15.9. The van der Waals surface area contributed by atoms with Crippen LogP contribution in [0.2, 0.25) is 0 Å². The number of para-hydroxylation sites is 2. The fourth-order valence-corrected chi connectivity index (χ4v) is 4.12. The Bertz CT molecular complexity index is 825. The summed E-state index contributed by atoms with van der Waals surface area (Å²) in [6.45, 7) is 3.26. The molecule has 0 spiro atoms. The standard InChI is InChI=1S/C22H26N2/c1-17-9-5-6-12-19(17)22-23-20-13-7-8-14-21(20)24(22)16-15-18-10-3-2-4-11-18/h5-9,12-14,18H,2-4,10-11,15-16H2,1H3. The molecule has 1 aliphatic carbocycles. The first-order chi connectivity index (χ1) is 11.8. The van der Waals surface area contributed by atoms with Gasteiger partial charge in [-0.15, -0.1) is 0 Å². The molecule has 24 heavy (non-hydrogen) atoms. The molecule has 124 valence electrons. The summed E-state index contributed by atoms with van der Waals surface area (Å²) < 4.78 is 2.45. The monoisotopic (exact) mass is 318 g/mol. The summed E-state index contributed by atoms with van der Waals surface area (Å²) in [7, 11) is 0. The van der Waals surface area contributed by atoms with E-state index < -0.39 is 0 Å². The van der Waals surface area contributed by atoms with E-state index in [0.29, 0.717) is 0 Å². The fraction of sp³-hybridized carbons (Fsp3) is 0.409. The molecule has 0 atom stereocenters. The topological polar surface area (TPSA) is 17.8 Å². The van der Waals surface area contributed by atoms with Crippen LogP contribution in [0, 0.1) is 12.8 Å². The van der Waals surface area contributed by atoms with Gasteiger partial charge in [-0.25, -0.2) is 4.98 Å². The quantitative estimate of drug-likeness (QED) is 0.578. The summed E-state index contributed by atoms with van der Waals surface area (Å²) in [5, 5.41) is 0. The predicted octanol–water partition coefficient (Wildman–Crippen LogP) is 5.98. The van der Waals surface area contributed by atoms with Crippen LogP contribution in [-0.2, 0) is 6.54 Å². The first kappa shape index (κ1) is 15.4. The Morgan fingerprint density at radius 1 is 0.958 bits per heavy atom. The van der Waals surface area contributed by atoms with Crippen molar-refractivity contribution in [3.63, 3.8) is 0 Å². The van der Waals surface area contributed by atoms with Crippen molar-refractivity contribution in [3.8, 4) is 11.4 Å². The first-order valence-electron chi connectivity index (χ1n) is 9.34. The average Bonchev–Trinajstić information content (AvgIpc) is 2.99. The lowest BCUT2D eigenvalue weighted by atomic mass is 9.87. The van der Waals surface area contributed by atoms with E-state index in [4.69, 9.17) is 4.98 Å². The number of hydrogen-bond acceptors (Lipinski definition) is 1. The largest absolute Gasteiger partial charge is 0.324 e. The van der Waals surface area contributed by atoms with Gasteiger partial charge < -0.3 is 4.57 Å². The van der Waals surface area contributed by atoms with E-state index in [1.807, 2.05) is 0 Å². The van der Waals surface area contributed by atoms with Gasteiger partial charge in [0.15, 0.2) is 0 Å². The van der Waals surface area contributed by atoms with Gasteiger partial charge in [0, 0.05) is 12.1 Å². The summed E-state index contributed by atoms with van der Waals surface area (Å²) >= 11 is 0. The molecule has 0 unspecified atom stereocenters. The molecule has 1 heterocycles. The maximum Gasteiger partial charge on any atom is 0.141 e. The van der Waals surface area contributed by atoms with Crippen molar-refractivity contribution in [3.05, 3.63) is 54.1 Å². The first-order valence-corrected chi connectivity index (χ1v) is 9.34. The van der Waals surface area contributed by atoms with Gasteiger partial charge in [-0.3, -0.25) is 0 Å². The Morgan fingerprint density at radius 3 is 2.54 bits per heavy atom. The highest BCUT2D eigenvalue weighted by molar-refractivity contribution is 5.81. The minimum Gasteiger partial charge on any atom is -0.324 e. The summed E-state index contributed by atoms with van der Waals surface area (Å²) in [6, 6.07) is 17.2. The molecular formula is C22H26N2. The lowest BCUT2D eigenvalue weighted by molar-refractivity contribution is 0.326. The Kier molecular flexibility index (Phi) is 4.38. The van der Waals surface area contributed by atoms with E-state index in [9.17, 15) is 0 Å². The fourth-order valence-electron chi connectivity index (χ4n) is 4.12. The van der Waals surface area contributed by atoms with Crippen LogP contribution in [0.3, 0.4) is 0 Å². The highest BCUT2D eigenvalue weighted by atomic mass is 15.1. The second-order valence-corrected chi connectivity index (χ2v) is 7.18. The number of fused-ring (bicyclic) bond motifs is 1. The molecule has 2 aromatic carbocycles. The average molecular weight is 318 g/mol. The molecule has 1 aliphatic rings. The minimum atomic E-state index is 0.893. The van der Waals surface area contributed by atoms with Gasteiger partial charge in [-0.1, -0.05) is 68.5 Å². The number of benzene rings is 2. The zero-order valence-electron chi connectivity index (χ0n) is 14.5. The molecule has 3 aromatic rings. The highest BCUT2D eigenvalue weighted by Crippen LogP contribution is 2.30. The molecule has 2 nitrogen and oxygen atoms in total. The summed E-state index contributed by atoms with van der Waals surface area (Å²) in [4.78, 5) is 4.97. The number of aryl methyl sites for hydroxylation is 2. The summed E-state index contributed by atoms with van der Waals surface area (Å²) in [5.74, 6) is 2.02. The van der Waals surface area contributed by atoms with Gasteiger partial charge >= 0.3 is 0 Å². The zero-order chi connectivity index (χ0) is 16.4. The second-order valence-electron chi connectivity index (χ2n) is 7.18. The Morgan fingerprint density at radius 2 is 1.71 bits per heavy atom. The number of hydrogen-bond donors (Lipinski definition) is 0. The van der Waals surface area contributed by atoms with E-state index in [0.717, 1.165) is 23.8 Å². The van der Waals surface area contributed by atoms with Crippen molar-refractivity contribution in [2.24, 2.45) is 5.92 Å². The van der Waals surface area contributed by atoms with Crippen LogP contribution in [0.4, 0.5) is 0 Å². The van der Waals surface area contributed by atoms with Crippen molar-refractivity contribution < 1.29 is 0 Å². The molecule has 1 saturated carbocycles. The highest BCUT2D eigenvalue weighted by Gasteiger charge is 2.17. The van der Waals surface area contributed by atoms with Crippen molar-refractivity contribution in [1.82, 2.24) is 9.55 Å². The smallest absolute Gasteiger partial charge is 0.141 e. The zero-order valence-corrected chi connectivity index (χ0v) is 14.5. The lowest BCUT2D eigenvalue weighted by Crippen LogP contribution is -2.11. The van der Waals surface area contributed by atoms with Crippen LogP contribution in [-0.4, -0.2) is 9.55 Å². The summed E-state index contributed by atoms with van der Waals surface area (Å²) in [5.41, 5.74) is 4.94. The SMILES string of the molecule is Cc1ccccc1-c1nc2ccccc2n1CCC1CCCCC1. The predicted molar refractivity (Wildman–Crippen MR) is 101 cm³/mol. The van der Waals surface area contributed by atoms with E-state index >= 15 is 0 Å². The summed E-state index contributed by atoms with van der Waals surface area (Å²) in [6.07, 6.45) is 8.36. The van der Waals surface area contributed by atoms with Crippen molar-refractivity contribution in [2.45, 2.75) is 52.0 Å². The molecule has 1 fully saturated rings. The number of aromatic nitrogens is 2. The Balaban J connectivity index is 1.71. The molecule has 0 bridgehead atoms. The van der Waals surface area contributed by atoms with Gasteiger partial charge in [0.2, 0.25) is 0 Å². The van der Waals surface area contributed by atoms with Crippen LogP contribution >= 0.6 is 0 Å². The molecule has 4 rings (SSSR count). The lowest BCUT2D eigenvalue weighted by Gasteiger charge is -2.22. The Hall–Kier alpha value is -2.09. The molecular weight excluding hydrogens is 292 g/mol. The van der Waals surface area contributed by atoms with E-state index in [1.54, 1.807) is 0 Å². The molecule has 0 amide bonds. The molecule has 0 N–H and O–H groups in total. The van der Waals surface area contributed by atoms with Crippen LogP contribution in [0.5, 0.6) is 0 Å². The minimum absolute atomic E-state index is 0.893. The number of rotatable bonds is 4. The van der Waals surface area contributed by atoms with Gasteiger partial charge in [0.05, 0.1) is 11.0 Å². The van der Waals surface area contributed by atoms with E-state index in [2.05, 4.69) is 60.0 Å². The van der Waals surface area contributed by atoms with Crippen molar-refractivity contribution in [1.29, 1.82) is 0 Å². The van der Waals surface area contributed by atoms with Crippen LogP contribution in [0.15, 0.2) is 48.5 Å². The van der Waals surface area contributed by atoms with Gasteiger partial charge in [-0.2, -0.15) is 0 Å². The van der Waals surface area contributed by atoms with Crippen LogP contribution in [0.25, 0.3) is 22.4 Å². The van der Waals surface area contributed by atoms with Gasteiger partial charge in [-0.05, 0) is 37.0 Å². The van der Waals surface area contributed by atoms with Crippen molar-refractivity contribution >= 4 is 11.0 Å². The number of nitrogens with zero attached hydrogens (tertiary/aromatic N) is 2. The van der Waals surface area contributed by atoms with Crippen LogP contribution < -0.4 is 0 Å². The van der Waals surface area contributed by atoms with E-state index in [1.165, 1.54) is 55.2 Å². The molecule has 0 saturated heterocycles. The maximum absolute atomic E-state index is 4.97. The van der Waals surface area contributed by atoms with E-state index in [-0.39, 0.29) is 0 Å². The third-order valence-corrected chi connectivity index (χ3v) is 5.53. The molecule has 1 aromatic heterocycles. The molecule has 0 aliphatic heterocycles. The third-order valence-electron chi connectivity index (χ3n) is 5.53.